The third kappa shape index (κ3) is 1.43. The fraction of sp³-hybridized carbons (Fsp3) is 0.800. The lowest BCUT2D eigenvalue weighted by Gasteiger charge is -2.21. The van der Waals surface area contributed by atoms with Gasteiger partial charge in [0.25, 0.3) is 0 Å². The topological polar surface area (TPSA) is 36.9 Å². The average molecular weight is 198 g/mol. The first kappa shape index (κ1) is 9.94. The highest BCUT2D eigenvalue weighted by atomic mass is 16.8. The Labute approximate surface area is 83.5 Å². The van der Waals surface area contributed by atoms with Crippen molar-refractivity contribution in [1.82, 2.24) is 0 Å². The van der Waals surface area contributed by atoms with Crippen molar-refractivity contribution in [2.45, 2.75) is 44.2 Å². The molecule has 2 saturated heterocycles. The quantitative estimate of drug-likeness (QED) is 0.575. The second-order valence-electron chi connectivity index (χ2n) is 3.89. The van der Waals surface area contributed by atoms with E-state index in [-0.39, 0.29) is 18.3 Å². The van der Waals surface area contributed by atoms with Gasteiger partial charge < -0.3 is 18.9 Å². The summed E-state index contributed by atoms with van der Waals surface area (Å²) < 4.78 is 21.8. The van der Waals surface area contributed by atoms with E-state index in [0.29, 0.717) is 0 Å². The van der Waals surface area contributed by atoms with Crippen LogP contribution in [-0.2, 0) is 18.9 Å². The van der Waals surface area contributed by atoms with Gasteiger partial charge in [-0.15, -0.1) is 6.42 Å². The number of ether oxygens (including phenoxy) is 4. The van der Waals surface area contributed by atoms with Gasteiger partial charge in [-0.3, -0.25) is 0 Å². The summed E-state index contributed by atoms with van der Waals surface area (Å²) in [5.41, 5.74) is 0. The molecule has 2 aliphatic rings. The van der Waals surface area contributed by atoms with E-state index in [9.17, 15) is 0 Å². The summed E-state index contributed by atoms with van der Waals surface area (Å²) >= 11 is 0. The molecule has 4 nitrogen and oxygen atoms in total. The van der Waals surface area contributed by atoms with Crippen LogP contribution in [0.5, 0.6) is 0 Å². The summed E-state index contributed by atoms with van der Waals surface area (Å²) in [5.74, 6) is 1.92. The molecule has 0 spiro atoms. The maximum absolute atomic E-state index is 5.64. The van der Waals surface area contributed by atoms with Crippen LogP contribution in [0.3, 0.4) is 0 Å². The van der Waals surface area contributed by atoms with E-state index in [1.165, 1.54) is 0 Å². The van der Waals surface area contributed by atoms with E-state index in [4.69, 9.17) is 25.4 Å². The lowest BCUT2D eigenvalue weighted by Crippen LogP contribution is -2.30. The molecule has 78 valence electrons. The largest absolute Gasteiger partial charge is 0.353 e. The van der Waals surface area contributed by atoms with Gasteiger partial charge in [-0.05, 0) is 13.8 Å². The fourth-order valence-electron chi connectivity index (χ4n) is 1.89. The molecular weight excluding hydrogens is 184 g/mol. The Kier molecular flexibility index (Phi) is 2.28. The van der Waals surface area contributed by atoms with E-state index in [1.807, 2.05) is 13.8 Å². The molecule has 0 aromatic heterocycles. The molecule has 2 fully saturated rings. The van der Waals surface area contributed by atoms with Crippen LogP contribution in [0, 0.1) is 12.3 Å². The van der Waals surface area contributed by atoms with Crippen molar-refractivity contribution in [1.29, 1.82) is 0 Å². The standard InChI is InChI=1S/C10H14O4/c1-5-6-7-8(9(11-4)12-6)14-10(2,3)13-7/h1,6-9H,2-4H3/t6-,7-,8-,9-/m1/s1. The summed E-state index contributed by atoms with van der Waals surface area (Å²) in [4.78, 5) is 0. The molecule has 2 aliphatic heterocycles. The predicted octanol–water partition coefficient (Wildman–Crippen LogP) is 0.511. The third-order valence-corrected chi connectivity index (χ3v) is 2.41. The minimum atomic E-state index is -0.606. The van der Waals surface area contributed by atoms with Crippen molar-refractivity contribution in [3.05, 3.63) is 0 Å². The number of hydrogen-bond acceptors (Lipinski definition) is 4. The molecule has 4 heteroatoms. The first-order valence-corrected chi connectivity index (χ1v) is 4.57. The smallest absolute Gasteiger partial charge is 0.187 e. The normalized spacial score (nSPS) is 44.7. The molecule has 0 radical (unpaired) electrons. The van der Waals surface area contributed by atoms with Crippen molar-refractivity contribution in [3.63, 3.8) is 0 Å². The Morgan fingerprint density at radius 2 is 1.93 bits per heavy atom. The first-order chi connectivity index (χ1) is 6.57. The summed E-state index contributed by atoms with van der Waals surface area (Å²) in [7, 11) is 1.56. The van der Waals surface area contributed by atoms with Crippen molar-refractivity contribution in [3.8, 4) is 12.3 Å². The second kappa shape index (κ2) is 3.21. The number of rotatable bonds is 1. The van der Waals surface area contributed by atoms with Gasteiger partial charge in [-0.25, -0.2) is 0 Å². The maximum atomic E-state index is 5.64. The molecular formula is C10H14O4. The van der Waals surface area contributed by atoms with Crippen LogP contribution in [-0.4, -0.2) is 37.5 Å². The third-order valence-electron chi connectivity index (χ3n) is 2.41. The van der Waals surface area contributed by atoms with Crippen molar-refractivity contribution in [2.75, 3.05) is 7.11 Å². The van der Waals surface area contributed by atoms with Crippen LogP contribution >= 0.6 is 0 Å². The van der Waals surface area contributed by atoms with Gasteiger partial charge in [0, 0.05) is 7.11 Å². The van der Waals surface area contributed by atoms with E-state index >= 15 is 0 Å². The zero-order valence-corrected chi connectivity index (χ0v) is 8.52. The highest BCUT2D eigenvalue weighted by molar-refractivity contribution is 5.08. The minimum absolute atomic E-state index is 0.222. The van der Waals surface area contributed by atoms with Crippen molar-refractivity contribution >= 4 is 0 Å². The van der Waals surface area contributed by atoms with Gasteiger partial charge in [0.05, 0.1) is 0 Å². The van der Waals surface area contributed by atoms with Gasteiger partial charge in [0.1, 0.15) is 18.3 Å². The molecule has 0 aliphatic carbocycles. The Balaban J connectivity index is 2.17. The zero-order chi connectivity index (χ0) is 10.3. The molecule has 2 rings (SSSR count). The maximum Gasteiger partial charge on any atom is 0.187 e. The molecule has 0 N–H and O–H groups in total. The Morgan fingerprint density at radius 3 is 2.50 bits per heavy atom. The first-order valence-electron chi connectivity index (χ1n) is 4.57. The average Bonchev–Trinajstić information content (AvgIpc) is 2.57. The molecule has 14 heavy (non-hydrogen) atoms. The number of methoxy groups -OCH3 is 1. The number of hydrogen-bond donors (Lipinski definition) is 0. The number of terminal acetylenes is 1. The Hall–Kier alpha value is -0.600. The van der Waals surface area contributed by atoms with Crippen molar-refractivity contribution < 1.29 is 18.9 Å². The number of fused-ring (bicyclic) bond motifs is 1. The van der Waals surface area contributed by atoms with E-state index in [2.05, 4.69) is 5.92 Å². The van der Waals surface area contributed by atoms with Crippen LogP contribution in [0.25, 0.3) is 0 Å². The summed E-state index contributed by atoms with van der Waals surface area (Å²) in [6.07, 6.45) is 4.07. The van der Waals surface area contributed by atoms with Crippen LogP contribution in [0.4, 0.5) is 0 Å². The SMILES string of the molecule is C#C[C@H]1O[C@@H](OC)[C@@H]2OC(C)(C)O[C@@H]21. The van der Waals surface area contributed by atoms with E-state index in [0.717, 1.165) is 0 Å². The molecule has 0 aromatic carbocycles. The van der Waals surface area contributed by atoms with Gasteiger partial charge in [0.15, 0.2) is 12.1 Å². The van der Waals surface area contributed by atoms with Gasteiger partial charge in [0.2, 0.25) is 0 Å². The summed E-state index contributed by atoms with van der Waals surface area (Å²) in [6, 6.07) is 0. The highest BCUT2D eigenvalue weighted by Gasteiger charge is 2.55. The molecule has 0 bridgehead atoms. The molecule has 0 amide bonds. The molecule has 0 saturated carbocycles. The van der Waals surface area contributed by atoms with Gasteiger partial charge in [-0.2, -0.15) is 0 Å². The summed E-state index contributed by atoms with van der Waals surface area (Å²) in [5, 5.41) is 0. The van der Waals surface area contributed by atoms with Crippen molar-refractivity contribution in [2.24, 2.45) is 0 Å². The van der Waals surface area contributed by atoms with Crippen LogP contribution in [0.2, 0.25) is 0 Å². The van der Waals surface area contributed by atoms with Crippen LogP contribution in [0.15, 0.2) is 0 Å². The Bertz CT molecular complexity index is 268. The minimum Gasteiger partial charge on any atom is -0.353 e. The Morgan fingerprint density at radius 1 is 1.29 bits per heavy atom. The fourth-order valence-corrected chi connectivity index (χ4v) is 1.89. The molecule has 2 heterocycles. The zero-order valence-electron chi connectivity index (χ0n) is 8.52. The lowest BCUT2D eigenvalue weighted by atomic mass is 10.1. The van der Waals surface area contributed by atoms with E-state index in [1.54, 1.807) is 7.11 Å². The molecule has 4 atom stereocenters. The van der Waals surface area contributed by atoms with Crippen LogP contribution in [0.1, 0.15) is 13.8 Å². The summed E-state index contributed by atoms with van der Waals surface area (Å²) in [6.45, 7) is 3.71. The monoisotopic (exact) mass is 198 g/mol. The molecule has 0 aromatic rings. The predicted molar refractivity (Wildman–Crippen MR) is 48.3 cm³/mol. The lowest BCUT2D eigenvalue weighted by molar-refractivity contribution is -0.220. The van der Waals surface area contributed by atoms with E-state index < -0.39 is 12.1 Å². The highest BCUT2D eigenvalue weighted by Crippen LogP contribution is 2.38. The molecule has 0 unspecified atom stereocenters. The van der Waals surface area contributed by atoms with Gasteiger partial charge in [-0.1, -0.05) is 5.92 Å². The second-order valence-corrected chi connectivity index (χ2v) is 3.89. The van der Waals surface area contributed by atoms with Gasteiger partial charge >= 0.3 is 0 Å². The van der Waals surface area contributed by atoms with Crippen LogP contribution < -0.4 is 0 Å².